The minimum Gasteiger partial charge on any atom is -0.462 e. The number of ether oxygens (including phenoxy) is 3. The molecule has 1 unspecified atom stereocenters. The molecule has 0 aromatic heterocycles. The highest BCUT2D eigenvalue weighted by molar-refractivity contribution is 5.71. The third kappa shape index (κ3) is 64.3. The number of esters is 3. The first-order chi connectivity index (χ1) is 38.0. The second kappa shape index (κ2) is 66.1. The van der Waals surface area contributed by atoms with Crippen LogP contribution in [-0.2, 0) is 28.6 Å². The first-order valence-electron chi connectivity index (χ1n) is 34.5. The number of carbonyl (C=O) groups is 3. The van der Waals surface area contributed by atoms with Gasteiger partial charge in [0.1, 0.15) is 13.2 Å². The predicted octanol–water partition coefficient (Wildman–Crippen LogP) is 23.6. The molecule has 0 amide bonds. The van der Waals surface area contributed by atoms with Crippen molar-refractivity contribution >= 4 is 17.9 Å². The van der Waals surface area contributed by atoms with Crippen LogP contribution in [0.15, 0.2) is 36.5 Å². The lowest BCUT2D eigenvalue weighted by atomic mass is 10.0. The van der Waals surface area contributed by atoms with Crippen molar-refractivity contribution < 1.29 is 28.6 Å². The first kappa shape index (κ1) is 74.6. The Balaban J connectivity index is 3.95. The Morgan fingerprint density at radius 1 is 0.260 bits per heavy atom. The van der Waals surface area contributed by atoms with Gasteiger partial charge < -0.3 is 14.2 Å². The maximum atomic E-state index is 12.8. The van der Waals surface area contributed by atoms with Gasteiger partial charge in [-0.05, 0) is 57.8 Å². The van der Waals surface area contributed by atoms with Gasteiger partial charge in [0.2, 0.25) is 0 Å². The SMILES string of the molecule is CCCCCCC/C=C\C/C=C\C/C=C\CCCCCCCCCCCCCCCCC(=O)OCC(COC(=O)CCCCCCC)OC(=O)CCCCCCCCCCCCCCCCCCCCCCCCCCC. The maximum absolute atomic E-state index is 12.8. The molecule has 6 nitrogen and oxygen atoms in total. The zero-order chi connectivity index (χ0) is 55.7. The molecule has 0 bridgehead atoms. The van der Waals surface area contributed by atoms with Gasteiger partial charge in [-0.2, -0.15) is 0 Å². The molecule has 0 N–H and O–H groups in total. The fourth-order valence-corrected chi connectivity index (χ4v) is 10.5. The molecular formula is C71H132O6. The number of rotatable bonds is 64. The van der Waals surface area contributed by atoms with Crippen molar-refractivity contribution in [3.63, 3.8) is 0 Å². The van der Waals surface area contributed by atoms with E-state index in [4.69, 9.17) is 14.2 Å². The fourth-order valence-electron chi connectivity index (χ4n) is 10.5. The van der Waals surface area contributed by atoms with Crippen molar-refractivity contribution in [1.29, 1.82) is 0 Å². The quantitative estimate of drug-likeness (QED) is 0.0261. The molecule has 0 heterocycles. The van der Waals surface area contributed by atoms with Gasteiger partial charge in [0.25, 0.3) is 0 Å². The lowest BCUT2D eigenvalue weighted by molar-refractivity contribution is -0.167. The molecular weight excluding hydrogens is 949 g/mol. The minimum absolute atomic E-state index is 0.0677. The molecule has 0 spiro atoms. The summed E-state index contributed by atoms with van der Waals surface area (Å²) < 4.78 is 16.8. The number of unbranched alkanes of at least 4 members (excludes halogenated alkanes) is 47. The van der Waals surface area contributed by atoms with Gasteiger partial charge >= 0.3 is 17.9 Å². The summed E-state index contributed by atoms with van der Waals surface area (Å²) in [6.07, 6.45) is 82.3. The third-order valence-corrected chi connectivity index (χ3v) is 15.6. The predicted molar refractivity (Wildman–Crippen MR) is 335 cm³/mol. The van der Waals surface area contributed by atoms with E-state index in [2.05, 4.69) is 57.2 Å². The number of hydrogen-bond donors (Lipinski definition) is 0. The molecule has 452 valence electrons. The largest absolute Gasteiger partial charge is 0.462 e. The van der Waals surface area contributed by atoms with Crippen LogP contribution >= 0.6 is 0 Å². The van der Waals surface area contributed by atoms with E-state index in [0.717, 1.165) is 77.0 Å². The molecule has 0 saturated heterocycles. The van der Waals surface area contributed by atoms with Crippen molar-refractivity contribution in [3.05, 3.63) is 36.5 Å². The fraction of sp³-hybridized carbons (Fsp3) is 0.873. The van der Waals surface area contributed by atoms with Crippen LogP contribution in [0.4, 0.5) is 0 Å². The van der Waals surface area contributed by atoms with Crippen LogP contribution in [-0.4, -0.2) is 37.2 Å². The molecule has 0 aromatic rings. The topological polar surface area (TPSA) is 78.9 Å². The van der Waals surface area contributed by atoms with Gasteiger partial charge in [-0.1, -0.05) is 340 Å². The molecule has 6 heteroatoms. The normalized spacial score (nSPS) is 12.2. The van der Waals surface area contributed by atoms with Crippen molar-refractivity contribution in [2.45, 2.75) is 386 Å². The zero-order valence-electron chi connectivity index (χ0n) is 52.0. The second-order valence-electron chi connectivity index (χ2n) is 23.5. The van der Waals surface area contributed by atoms with Gasteiger partial charge in [0.15, 0.2) is 6.10 Å². The van der Waals surface area contributed by atoms with Crippen molar-refractivity contribution in [3.8, 4) is 0 Å². The Morgan fingerprint density at radius 2 is 0.468 bits per heavy atom. The minimum atomic E-state index is -0.766. The van der Waals surface area contributed by atoms with E-state index in [1.165, 1.54) is 263 Å². The van der Waals surface area contributed by atoms with Crippen molar-refractivity contribution in [1.82, 2.24) is 0 Å². The van der Waals surface area contributed by atoms with E-state index < -0.39 is 6.10 Å². The molecule has 0 aromatic carbocycles. The smallest absolute Gasteiger partial charge is 0.306 e. The summed E-state index contributed by atoms with van der Waals surface area (Å²) in [5, 5.41) is 0. The Bertz CT molecular complexity index is 1290. The van der Waals surface area contributed by atoms with Gasteiger partial charge in [0, 0.05) is 19.3 Å². The van der Waals surface area contributed by atoms with E-state index in [1.807, 2.05) is 0 Å². The van der Waals surface area contributed by atoms with Gasteiger partial charge in [-0.15, -0.1) is 0 Å². The number of carbonyl (C=O) groups excluding carboxylic acids is 3. The summed E-state index contributed by atoms with van der Waals surface area (Å²) in [6, 6.07) is 0. The van der Waals surface area contributed by atoms with Crippen molar-refractivity contribution in [2.75, 3.05) is 13.2 Å². The van der Waals surface area contributed by atoms with E-state index >= 15 is 0 Å². The van der Waals surface area contributed by atoms with Crippen LogP contribution in [0.2, 0.25) is 0 Å². The molecule has 0 saturated carbocycles. The Kier molecular flexibility index (Phi) is 64.1. The molecule has 0 aliphatic carbocycles. The molecule has 0 fully saturated rings. The van der Waals surface area contributed by atoms with Gasteiger partial charge in [0.05, 0.1) is 0 Å². The van der Waals surface area contributed by atoms with Crippen LogP contribution in [0.25, 0.3) is 0 Å². The highest BCUT2D eigenvalue weighted by atomic mass is 16.6. The first-order valence-corrected chi connectivity index (χ1v) is 34.5. The monoisotopic (exact) mass is 1080 g/mol. The summed E-state index contributed by atoms with van der Waals surface area (Å²) in [7, 11) is 0. The molecule has 0 rings (SSSR count). The summed E-state index contributed by atoms with van der Waals surface area (Å²) >= 11 is 0. The Morgan fingerprint density at radius 3 is 0.727 bits per heavy atom. The second-order valence-corrected chi connectivity index (χ2v) is 23.5. The van der Waals surface area contributed by atoms with Crippen LogP contribution in [0.5, 0.6) is 0 Å². The summed E-state index contributed by atoms with van der Waals surface area (Å²) in [6.45, 7) is 6.61. The van der Waals surface area contributed by atoms with Crippen molar-refractivity contribution in [2.24, 2.45) is 0 Å². The summed E-state index contributed by atoms with van der Waals surface area (Å²) in [5.41, 5.74) is 0. The standard InChI is InChI=1S/C71H132O6/c1-4-7-10-13-15-17-19-21-23-25-27-29-31-33-34-35-36-38-39-41-43-45-47-49-51-53-55-58-61-64-70(73)76-67-68(66-75-69(72)63-60-57-12-9-6-3)77-71(74)65-62-59-56-54-52-50-48-46-44-42-40-37-32-30-28-26-24-22-20-18-16-14-11-8-5-2/h19,21,25,27,31,33,68H,4-18,20,22-24,26,28-30,32,34-67H2,1-3H3/b21-19-,27-25-,33-31-. The third-order valence-electron chi connectivity index (χ3n) is 15.6. The van der Waals surface area contributed by atoms with Crippen LogP contribution in [0.1, 0.15) is 380 Å². The zero-order valence-corrected chi connectivity index (χ0v) is 52.0. The van der Waals surface area contributed by atoms with E-state index in [-0.39, 0.29) is 31.1 Å². The number of allylic oxidation sites excluding steroid dienone is 6. The summed E-state index contributed by atoms with van der Waals surface area (Å²) in [5.74, 6) is -0.858. The van der Waals surface area contributed by atoms with Gasteiger partial charge in [-0.25, -0.2) is 0 Å². The highest BCUT2D eigenvalue weighted by Crippen LogP contribution is 2.18. The lowest BCUT2D eigenvalue weighted by Gasteiger charge is -2.18. The number of hydrogen-bond acceptors (Lipinski definition) is 6. The van der Waals surface area contributed by atoms with E-state index in [0.29, 0.717) is 19.3 Å². The average Bonchev–Trinajstić information content (AvgIpc) is 3.43. The molecule has 1 atom stereocenters. The maximum Gasteiger partial charge on any atom is 0.306 e. The molecule has 77 heavy (non-hydrogen) atoms. The lowest BCUT2D eigenvalue weighted by Crippen LogP contribution is -2.30. The average molecular weight is 1080 g/mol. The van der Waals surface area contributed by atoms with Crippen LogP contribution < -0.4 is 0 Å². The molecule has 0 radical (unpaired) electrons. The molecule has 0 aliphatic heterocycles. The Hall–Kier alpha value is -2.37. The molecule has 0 aliphatic rings. The highest BCUT2D eigenvalue weighted by Gasteiger charge is 2.19. The summed E-state index contributed by atoms with van der Waals surface area (Å²) in [4.78, 5) is 38.0. The Labute approximate surface area is 480 Å². The van der Waals surface area contributed by atoms with E-state index in [9.17, 15) is 14.4 Å². The van der Waals surface area contributed by atoms with Crippen LogP contribution in [0, 0.1) is 0 Å². The van der Waals surface area contributed by atoms with E-state index in [1.54, 1.807) is 0 Å². The van der Waals surface area contributed by atoms with Crippen LogP contribution in [0.3, 0.4) is 0 Å². The van der Waals surface area contributed by atoms with Gasteiger partial charge in [-0.3, -0.25) is 14.4 Å².